The smallest absolute Gasteiger partial charge is 0.405 e. The zero-order valence-electron chi connectivity index (χ0n) is 36.3. The van der Waals surface area contributed by atoms with E-state index in [0.29, 0.717) is 13.2 Å². The van der Waals surface area contributed by atoms with Crippen LogP contribution in [0, 0.1) is 25.7 Å². The minimum Gasteiger partial charge on any atom is -0.405 e. The van der Waals surface area contributed by atoms with Crippen molar-refractivity contribution in [3.8, 4) is 0 Å². The summed E-state index contributed by atoms with van der Waals surface area (Å²) in [7, 11) is -3.90. The first-order valence-corrected chi connectivity index (χ1v) is 21.6. The molecule has 4 aliphatic heterocycles. The van der Waals surface area contributed by atoms with Crippen molar-refractivity contribution in [3.05, 3.63) is 25.7 Å². The van der Waals surface area contributed by atoms with E-state index in [9.17, 15) is 9.13 Å². The molecule has 4 heterocycles. The van der Waals surface area contributed by atoms with Crippen molar-refractivity contribution in [2.24, 2.45) is 0 Å². The Labute approximate surface area is 446 Å². The fourth-order valence-corrected chi connectivity index (χ4v) is 7.10. The van der Waals surface area contributed by atoms with Gasteiger partial charge in [0.2, 0.25) is 0 Å². The van der Waals surface area contributed by atoms with Gasteiger partial charge in [0.1, 0.15) is 6.61 Å². The zero-order chi connectivity index (χ0) is 39.8. The molecule has 0 amide bonds. The molecule has 4 radical (unpaired) electrons. The quantitative estimate of drug-likeness (QED) is 0.123. The minimum absolute atomic E-state index is 0. The third kappa shape index (κ3) is 28.0. The normalized spacial score (nSPS) is 32.4. The largest absolute Gasteiger partial charge is 0.695 e. The molecule has 1 N–H and O–H groups in total. The van der Waals surface area contributed by atoms with Crippen LogP contribution in [0.5, 0.6) is 0 Å². The molecule has 0 aliphatic carbocycles. The molecule has 0 aromatic rings. The Balaban J connectivity index is -0.000000807. The van der Waals surface area contributed by atoms with E-state index in [1.807, 2.05) is 109 Å². The summed E-state index contributed by atoms with van der Waals surface area (Å²) in [6.45, 7) is 26.1. The van der Waals surface area contributed by atoms with Crippen molar-refractivity contribution in [2.75, 3.05) is 33.1 Å². The maximum absolute atomic E-state index is 12.2. The number of aliphatic hydroxyl groups is 1. The number of ether oxygens (including phenoxy) is 8. The molecular weight excluding hydrogens is 1090 g/mol. The summed E-state index contributed by atoms with van der Waals surface area (Å²) >= 11 is 0. The zero-order valence-corrected chi connectivity index (χ0v) is 49.5. The Hall–Kier alpha value is 4.14. The van der Waals surface area contributed by atoms with Gasteiger partial charge in [0, 0.05) is 160 Å². The monoisotopic (exact) mass is 1150 g/mol. The summed E-state index contributed by atoms with van der Waals surface area (Å²) < 4.78 is 84.3. The average molecular weight is 1150 g/mol. The van der Waals surface area contributed by atoms with Crippen LogP contribution in [0.1, 0.15) is 83.1 Å². The molecule has 0 aromatic heterocycles. The Morgan fingerprint density at radius 3 is 1.21 bits per heavy atom. The van der Waals surface area contributed by atoms with Crippen molar-refractivity contribution in [1.82, 2.24) is 0 Å². The van der Waals surface area contributed by atoms with Crippen molar-refractivity contribution in [2.45, 2.75) is 181 Å². The molecule has 4 saturated heterocycles. The van der Waals surface area contributed by atoms with E-state index in [-0.39, 0.29) is 236 Å². The third-order valence-electron chi connectivity index (χ3n) is 7.91. The van der Waals surface area contributed by atoms with Crippen molar-refractivity contribution in [1.29, 1.82) is 0 Å². The Bertz CT molecular complexity index is 1060. The molecule has 20 heteroatoms. The van der Waals surface area contributed by atoms with Crippen LogP contribution in [0.25, 0.3) is 0 Å². The van der Waals surface area contributed by atoms with Crippen LogP contribution in [0.2, 0.25) is 0 Å². The van der Waals surface area contributed by atoms with E-state index < -0.39 is 22.4 Å². The molecule has 14 atom stereocenters. The molecule has 4 rings (SSSR count). The van der Waals surface area contributed by atoms with Crippen molar-refractivity contribution < 1.29 is 197 Å². The molecule has 0 bridgehead atoms. The van der Waals surface area contributed by atoms with E-state index in [0.717, 1.165) is 0 Å². The fraction of sp³-hybridized carbons (Fsp3) is 0.892. The first-order valence-electron chi connectivity index (χ1n) is 18.9. The van der Waals surface area contributed by atoms with Crippen molar-refractivity contribution >= 4 is 16.3 Å². The van der Waals surface area contributed by atoms with E-state index >= 15 is 0 Å². The van der Waals surface area contributed by atoms with Gasteiger partial charge in [0.25, 0.3) is 0 Å². The van der Waals surface area contributed by atoms with E-state index in [4.69, 9.17) is 56.6 Å². The predicted molar refractivity (Wildman–Crippen MR) is 201 cm³/mol. The second-order valence-electron chi connectivity index (χ2n) is 14.6. The minimum atomic E-state index is -2.30. The van der Waals surface area contributed by atoms with Gasteiger partial charge >= 0.3 is 16.3 Å². The Morgan fingerprint density at radius 2 is 0.860 bits per heavy atom. The molecular formula is C37H68O14P2Y4-2. The molecule has 14 nitrogen and oxygen atoms in total. The maximum Gasteiger partial charge on any atom is 0.695 e. The Kier molecular flexibility index (Phi) is 40.6. The van der Waals surface area contributed by atoms with Gasteiger partial charge in [-0.2, -0.15) is 4.52 Å². The SMILES string of the molecule is CC(C)OC1[CH-][C@H](C)O[C@@H]1CO.CC(C)OC[C@H]1O[C@@H](C)[CH-]C1O[P+](=O)OC[C@H]1O[C@@H](C)[CH-]C1OC(C)C.CC(C)OC[C@H]1O[C@@H](C)[CH-]C1O[P+](C)=O.[Y].[Y].[Y].[Y]. The Morgan fingerprint density at radius 1 is 0.526 bits per heavy atom. The second kappa shape index (κ2) is 35.3. The third-order valence-corrected chi connectivity index (χ3v) is 9.23. The van der Waals surface area contributed by atoms with E-state index in [1.54, 1.807) is 6.66 Å². The first-order chi connectivity index (χ1) is 24.9. The van der Waals surface area contributed by atoms with Gasteiger partial charge in [-0.3, -0.25) is 25.7 Å². The average Bonchev–Trinajstić information content (AvgIpc) is 3.78. The summed E-state index contributed by atoms with van der Waals surface area (Å²) in [5.74, 6) is 0. The number of aliphatic hydroxyl groups excluding tert-OH is 1. The van der Waals surface area contributed by atoms with Crippen LogP contribution in [-0.2, 0) is 191 Å². The van der Waals surface area contributed by atoms with Gasteiger partial charge < -0.3 is 43.0 Å². The van der Waals surface area contributed by atoms with Gasteiger partial charge in [-0.1, -0.05) is 52.1 Å². The van der Waals surface area contributed by atoms with Gasteiger partial charge in [0.15, 0.2) is 6.66 Å². The molecule has 57 heavy (non-hydrogen) atoms. The molecule has 0 spiro atoms. The summed E-state index contributed by atoms with van der Waals surface area (Å²) in [6, 6.07) is 0. The van der Waals surface area contributed by atoms with E-state index in [1.165, 1.54) is 0 Å². The van der Waals surface area contributed by atoms with Crippen LogP contribution in [-0.4, -0.2) is 136 Å². The maximum atomic E-state index is 12.2. The molecule has 0 saturated carbocycles. The predicted octanol–water partition coefficient (Wildman–Crippen LogP) is 6.16. The van der Waals surface area contributed by atoms with Crippen LogP contribution in [0.15, 0.2) is 0 Å². The summed E-state index contributed by atoms with van der Waals surface area (Å²) in [5, 5.41) is 8.94. The number of rotatable bonds is 18. The van der Waals surface area contributed by atoms with Crippen LogP contribution < -0.4 is 0 Å². The van der Waals surface area contributed by atoms with Crippen LogP contribution in [0.4, 0.5) is 0 Å². The fourth-order valence-electron chi connectivity index (χ4n) is 5.82. The van der Waals surface area contributed by atoms with Gasteiger partial charge in [0.05, 0.1) is 56.4 Å². The van der Waals surface area contributed by atoms with Crippen LogP contribution >= 0.6 is 16.3 Å². The van der Waals surface area contributed by atoms with E-state index in [2.05, 4.69) is 0 Å². The topological polar surface area (TPSA) is 156 Å². The van der Waals surface area contributed by atoms with Gasteiger partial charge in [-0.15, -0.1) is 9.05 Å². The molecule has 324 valence electrons. The number of hydrogen-bond donors (Lipinski definition) is 1. The van der Waals surface area contributed by atoms with Gasteiger partial charge in [-0.25, -0.2) is 0 Å². The summed E-state index contributed by atoms with van der Waals surface area (Å²) in [5.41, 5.74) is 0. The summed E-state index contributed by atoms with van der Waals surface area (Å²) in [6.07, 6.45) is 6.52. The number of hydrogen-bond acceptors (Lipinski definition) is 14. The molecule has 4 aliphatic rings. The van der Waals surface area contributed by atoms with Crippen LogP contribution in [0.3, 0.4) is 0 Å². The second-order valence-corrected chi connectivity index (χ2v) is 16.6. The van der Waals surface area contributed by atoms with Gasteiger partial charge in [-0.05, 0) is 72.2 Å². The summed E-state index contributed by atoms with van der Waals surface area (Å²) in [4.78, 5) is 0. The molecule has 0 aromatic carbocycles. The first kappa shape index (κ1) is 65.4. The molecule has 4 fully saturated rings. The standard InChI is InChI=1S/C18H32O7P.C10H19O4P.C9H17O3.4Y/c1-11(2)20-9-17-16(8-14(6)23-17)25-26(19)21-10-18-15(22-12(3)4)7-13(5)24-18;1-7(2)12-6-10-9(14-15(4)11)5-8(3)13-10;1-6(2)11-8-4-7(3)12-9(8)5-10;;;;/h7-8,11-18H,9-10H2,1-6H3;5,7-10H,6H2,1-4H3;4,6-10H,5H2,1-3H3;;;;/q-1;;-1;;;;/t13-,14-,15?,16?,17+,18+;8-,9?,10+;7-,8?,9+;;;;/m000..../s1. The van der Waals surface area contributed by atoms with Crippen molar-refractivity contribution in [3.63, 3.8) is 0 Å². The molecule has 6 unspecified atom stereocenters.